The van der Waals surface area contributed by atoms with Crippen LogP contribution in [0.2, 0.25) is 0 Å². The van der Waals surface area contributed by atoms with Crippen molar-refractivity contribution < 1.29 is 19.2 Å². The lowest BCUT2D eigenvalue weighted by molar-refractivity contribution is -0.136. The quantitative estimate of drug-likeness (QED) is 0.704. The number of rotatable bonds is 3. The SMILES string of the molecule is O=C1CCC(N2C(=O)c3ccc(CN4CCC5(CCNCC5)CC4)cc3C2=O)C(=O)N1. The fourth-order valence-electron chi connectivity index (χ4n) is 5.52. The molecule has 3 fully saturated rings. The van der Waals surface area contributed by atoms with Crippen LogP contribution in [0.15, 0.2) is 18.2 Å². The smallest absolute Gasteiger partial charge is 0.262 e. The van der Waals surface area contributed by atoms with Gasteiger partial charge in [-0.15, -0.1) is 0 Å². The summed E-state index contributed by atoms with van der Waals surface area (Å²) < 4.78 is 0. The number of hydrogen-bond acceptors (Lipinski definition) is 6. The van der Waals surface area contributed by atoms with Crippen molar-refractivity contribution in [2.75, 3.05) is 26.2 Å². The first-order valence-electron chi connectivity index (χ1n) is 11.2. The first kappa shape index (κ1) is 20.3. The van der Waals surface area contributed by atoms with E-state index in [-0.39, 0.29) is 18.7 Å². The number of nitrogens with zero attached hydrogens (tertiary/aromatic N) is 2. The minimum Gasteiger partial charge on any atom is -0.317 e. The molecule has 164 valence electrons. The Morgan fingerprint density at radius 2 is 1.65 bits per heavy atom. The third-order valence-electron chi connectivity index (χ3n) is 7.49. The lowest BCUT2D eigenvalue weighted by atomic mass is 9.71. The molecule has 4 aliphatic heterocycles. The Labute approximate surface area is 181 Å². The monoisotopic (exact) mass is 424 g/mol. The van der Waals surface area contributed by atoms with Crippen molar-refractivity contribution in [3.8, 4) is 0 Å². The molecular formula is C23H28N4O4. The van der Waals surface area contributed by atoms with Gasteiger partial charge in [0.2, 0.25) is 11.8 Å². The van der Waals surface area contributed by atoms with Gasteiger partial charge in [0.1, 0.15) is 6.04 Å². The van der Waals surface area contributed by atoms with Gasteiger partial charge >= 0.3 is 0 Å². The minimum absolute atomic E-state index is 0.127. The van der Waals surface area contributed by atoms with Crippen LogP contribution < -0.4 is 10.6 Å². The summed E-state index contributed by atoms with van der Waals surface area (Å²) in [5.41, 5.74) is 2.20. The van der Waals surface area contributed by atoms with E-state index in [4.69, 9.17) is 0 Å². The number of piperidine rings is 3. The van der Waals surface area contributed by atoms with Crippen LogP contribution in [-0.2, 0) is 16.1 Å². The zero-order valence-electron chi connectivity index (χ0n) is 17.6. The van der Waals surface area contributed by atoms with Gasteiger partial charge in [0, 0.05) is 13.0 Å². The molecule has 2 N–H and O–H groups in total. The number of nitrogens with one attached hydrogen (secondary N) is 2. The van der Waals surface area contributed by atoms with Gasteiger partial charge in [-0.25, -0.2) is 0 Å². The summed E-state index contributed by atoms with van der Waals surface area (Å²) in [5.74, 6) is -1.84. The summed E-state index contributed by atoms with van der Waals surface area (Å²) in [6, 6.07) is 4.50. The fraction of sp³-hybridized carbons (Fsp3) is 0.565. The second-order valence-electron chi connectivity index (χ2n) is 9.35. The molecule has 0 aromatic heterocycles. The van der Waals surface area contributed by atoms with E-state index >= 15 is 0 Å². The van der Waals surface area contributed by atoms with Gasteiger partial charge in [-0.1, -0.05) is 6.07 Å². The zero-order chi connectivity index (χ0) is 21.6. The van der Waals surface area contributed by atoms with Gasteiger partial charge in [-0.2, -0.15) is 0 Å². The Balaban J connectivity index is 1.27. The second-order valence-corrected chi connectivity index (χ2v) is 9.35. The molecule has 0 bridgehead atoms. The third kappa shape index (κ3) is 3.68. The molecule has 0 saturated carbocycles. The number of imide groups is 2. The van der Waals surface area contributed by atoms with E-state index in [1.165, 1.54) is 25.7 Å². The average Bonchev–Trinajstić information content (AvgIpc) is 3.01. The molecule has 5 rings (SSSR count). The summed E-state index contributed by atoms with van der Waals surface area (Å²) in [6.45, 7) is 5.08. The number of benzene rings is 1. The van der Waals surface area contributed by atoms with Crippen molar-refractivity contribution in [1.82, 2.24) is 20.4 Å². The Hall–Kier alpha value is -2.58. The number of carbonyl (C=O) groups excluding carboxylic acids is 4. The first-order valence-corrected chi connectivity index (χ1v) is 11.2. The van der Waals surface area contributed by atoms with E-state index in [9.17, 15) is 19.2 Å². The van der Waals surface area contributed by atoms with E-state index < -0.39 is 23.8 Å². The average molecular weight is 425 g/mol. The minimum atomic E-state index is -0.920. The van der Waals surface area contributed by atoms with Crippen molar-refractivity contribution in [3.05, 3.63) is 34.9 Å². The molecule has 1 aromatic carbocycles. The number of amides is 4. The maximum absolute atomic E-state index is 13.0. The van der Waals surface area contributed by atoms with Crippen LogP contribution in [0.3, 0.4) is 0 Å². The molecule has 1 aromatic rings. The van der Waals surface area contributed by atoms with E-state index in [2.05, 4.69) is 15.5 Å². The molecule has 4 heterocycles. The standard InChI is InChI=1S/C23H28N4O4/c28-19-4-3-18(20(29)25-19)27-21(30)16-2-1-15(13-17(16)22(27)31)14-26-11-7-23(8-12-26)5-9-24-10-6-23/h1-2,13,18,24H,3-12,14H2,(H,25,28,29). The Kier molecular flexibility index (Phi) is 5.14. The Bertz CT molecular complexity index is 943. The van der Waals surface area contributed by atoms with Gasteiger partial charge in [-0.05, 0) is 81.4 Å². The lowest BCUT2D eigenvalue weighted by Crippen LogP contribution is -2.54. The van der Waals surface area contributed by atoms with Crippen LogP contribution in [0.5, 0.6) is 0 Å². The van der Waals surface area contributed by atoms with Crippen molar-refractivity contribution in [1.29, 1.82) is 0 Å². The predicted molar refractivity (Wildman–Crippen MR) is 112 cm³/mol. The van der Waals surface area contributed by atoms with Crippen molar-refractivity contribution >= 4 is 23.6 Å². The molecule has 4 aliphatic rings. The molecule has 1 unspecified atom stereocenters. The molecule has 0 aliphatic carbocycles. The summed E-state index contributed by atoms with van der Waals surface area (Å²) in [7, 11) is 0. The summed E-state index contributed by atoms with van der Waals surface area (Å²) in [5, 5.41) is 5.68. The maximum Gasteiger partial charge on any atom is 0.262 e. The van der Waals surface area contributed by atoms with Crippen LogP contribution in [0.1, 0.15) is 64.8 Å². The highest BCUT2D eigenvalue weighted by atomic mass is 16.2. The van der Waals surface area contributed by atoms with Crippen LogP contribution in [0.4, 0.5) is 0 Å². The van der Waals surface area contributed by atoms with Crippen LogP contribution in [0, 0.1) is 5.41 Å². The molecule has 1 atom stereocenters. The second kappa shape index (κ2) is 7.84. The first-order chi connectivity index (χ1) is 15.0. The molecule has 8 nitrogen and oxygen atoms in total. The normalized spacial score (nSPS) is 26.3. The van der Waals surface area contributed by atoms with E-state index in [0.29, 0.717) is 16.5 Å². The molecule has 0 radical (unpaired) electrons. The van der Waals surface area contributed by atoms with Crippen LogP contribution in [0.25, 0.3) is 0 Å². The van der Waals surface area contributed by atoms with Gasteiger partial charge in [-0.3, -0.25) is 34.3 Å². The molecule has 4 amide bonds. The van der Waals surface area contributed by atoms with Crippen molar-refractivity contribution in [3.63, 3.8) is 0 Å². The number of fused-ring (bicyclic) bond motifs is 1. The van der Waals surface area contributed by atoms with Crippen LogP contribution in [-0.4, -0.2) is 65.6 Å². The summed E-state index contributed by atoms with van der Waals surface area (Å²) in [6.07, 6.45) is 5.23. The number of hydrogen-bond donors (Lipinski definition) is 2. The Morgan fingerprint density at radius 3 is 2.35 bits per heavy atom. The topological polar surface area (TPSA) is 98.8 Å². The van der Waals surface area contributed by atoms with Crippen LogP contribution >= 0.6 is 0 Å². The lowest BCUT2D eigenvalue weighted by Gasteiger charge is -2.44. The number of likely N-dealkylation sites (tertiary alicyclic amines) is 1. The van der Waals surface area contributed by atoms with Gasteiger partial charge in [0.05, 0.1) is 11.1 Å². The predicted octanol–water partition coefficient (Wildman–Crippen LogP) is 1.05. The van der Waals surface area contributed by atoms with Gasteiger partial charge < -0.3 is 5.32 Å². The molecule has 3 saturated heterocycles. The summed E-state index contributed by atoms with van der Waals surface area (Å²) >= 11 is 0. The van der Waals surface area contributed by atoms with Crippen molar-refractivity contribution in [2.24, 2.45) is 5.41 Å². The highest BCUT2D eigenvalue weighted by Crippen LogP contribution is 2.40. The molecule has 8 heteroatoms. The fourth-order valence-corrected chi connectivity index (χ4v) is 5.52. The molecular weight excluding hydrogens is 396 g/mol. The maximum atomic E-state index is 13.0. The highest BCUT2D eigenvalue weighted by Gasteiger charge is 2.44. The zero-order valence-corrected chi connectivity index (χ0v) is 17.6. The Morgan fingerprint density at radius 1 is 0.935 bits per heavy atom. The number of carbonyl (C=O) groups is 4. The van der Waals surface area contributed by atoms with Crippen molar-refractivity contribution in [2.45, 2.75) is 51.1 Å². The molecule has 31 heavy (non-hydrogen) atoms. The largest absolute Gasteiger partial charge is 0.317 e. The van der Waals surface area contributed by atoms with E-state index in [1.54, 1.807) is 12.1 Å². The molecule has 1 spiro atoms. The third-order valence-corrected chi connectivity index (χ3v) is 7.49. The van der Waals surface area contributed by atoms with Gasteiger partial charge in [0.25, 0.3) is 11.8 Å². The van der Waals surface area contributed by atoms with Gasteiger partial charge in [0.15, 0.2) is 0 Å². The van der Waals surface area contributed by atoms with E-state index in [1.807, 2.05) is 6.07 Å². The highest BCUT2D eigenvalue weighted by molar-refractivity contribution is 6.23. The van der Waals surface area contributed by atoms with E-state index in [0.717, 1.165) is 43.2 Å². The summed E-state index contributed by atoms with van der Waals surface area (Å²) in [4.78, 5) is 52.9.